The topological polar surface area (TPSA) is 88.9 Å². The number of carbonyl (C=O) groups excluding carboxylic acids is 2. The van der Waals surface area contributed by atoms with E-state index >= 15 is 0 Å². The minimum Gasteiger partial charge on any atom is -0.349 e. The molecule has 7 nitrogen and oxygen atoms in total. The molecule has 8 heteroatoms. The third-order valence-electron chi connectivity index (χ3n) is 5.35. The minimum absolute atomic E-state index is 0.0656. The molecule has 0 bridgehead atoms. The van der Waals surface area contributed by atoms with Crippen molar-refractivity contribution in [2.24, 2.45) is 0 Å². The summed E-state index contributed by atoms with van der Waals surface area (Å²) >= 11 is 1.37. The maximum atomic E-state index is 12.6. The highest BCUT2D eigenvalue weighted by Gasteiger charge is 2.27. The van der Waals surface area contributed by atoms with Gasteiger partial charge in [-0.2, -0.15) is 5.10 Å². The highest BCUT2D eigenvalue weighted by Crippen LogP contribution is 2.26. The Balaban J connectivity index is 1.33. The van der Waals surface area contributed by atoms with E-state index in [1.807, 2.05) is 56.3 Å². The molecule has 0 spiro atoms. The lowest BCUT2D eigenvalue weighted by Gasteiger charge is -2.06. The number of benzene rings is 1. The summed E-state index contributed by atoms with van der Waals surface area (Å²) in [5.41, 5.74) is 2.90. The molecule has 0 atom stereocenters. The number of amides is 2. The number of hydrogen-bond acceptors (Lipinski definition) is 5. The van der Waals surface area contributed by atoms with E-state index in [4.69, 9.17) is 0 Å². The van der Waals surface area contributed by atoms with Gasteiger partial charge >= 0.3 is 0 Å². The molecule has 3 aromatic heterocycles. The number of thiophene rings is 1. The van der Waals surface area contributed by atoms with Crippen molar-refractivity contribution in [1.29, 1.82) is 0 Å². The first kappa shape index (κ1) is 20.4. The first-order chi connectivity index (χ1) is 15.5. The fourth-order valence-corrected chi connectivity index (χ4v) is 4.38. The number of aromatic nitrogens is 3. The zero-order valence-electron chi connectivity index (χ0n) is 17.8. The monoisotopic (exact) mass is 445 g/mol. The molecule has 0 saturated heterocycles. The second-order valence-corrected chi connectivity index (χ2v) is 9.32. The highest BCUT2D eigenvalue weighted by atomic mass is 32.1. The van der Waals surface area contributed by atoms with E-state index in [2.05, 4.69) is 20.7 Å². The predicted molar refractivity (Wildman–Crippen MR) is 126 cm³/mol. The Bertz CT molecular complexity index is 1270. The van der Waals surface area contributed by atoms with Gasteiger partial charge in [0.05, 0.1) is 21.8 Å². The van der Waals surface area contributed by atoms with Crippen molar-refractivity contribution in [3.8, 4) is 5.69 Å². The molecule has 0 aliphatic heterocycles. The third kappa shape index (κ3) is 4.13. The number of fused-ring (bicyclic) bond motifs is 1. The fraction of sp³-hybridized carbons (Fsp3) is 0.250. The number of anilines is 1. The summed E-state index contributed by atoms with van der Waals surface area (Å²) in [6.45, 7) is 4.06. The van der Waals surface area contributed by atoms with Crippen LogP contribution >= 0.6 is 11.3 Å². The minimum atomic E-state index is -0.166. The summed E-state index contributed by atoms with van der Waals surface area (Å²) in [6.07, 6.45) is 5.59. The van der Waals surface area contributed by atoms with Crippen LogP contribution in [0, 0.1) is 0 Å². The highest BCUT2D eigenvalue weighted by molar-refractivity contribution is 7.20. The van der Waals surface area contributed by atoms with Crippen molar-refractivity contribution in [3.05, 3.63) is 71.0 Å². The van der Waals surface area contributed by atoms with Crippen LogP contribution in [-0.4, -0.2) is 32.6 Å². The Morgan fingerprint density at radius 2 is 1.91 bits per heavy atom. The van der Waals surface area contributed by atoms with E-state index in [0.29, 0.717) is 22.2 Å². The summed E-state index contributed by atoms with van der Waals surface area (Å²) in [5.74, 6) is -0.101. The molecule has 2 amide bonds. The van der Waals surface area contributed by atoms with E-state index in [1.165, 1.54) is 11.3 Å². The zero-order chi connectivity index (χ0) is 22.2. The van der Waals surface area contributed by atoms with Crippen LogP contribution < -0.4 is 10.6 Å². The zero-order valence-corrected chi connectivity index (χ0v) is 18.6. The van der Waals surface area contributed by atoms with Gasteiger partial charge in [-0.15, -0.1) is 11.3 Å². The maximum absolute atomic E-state index is 12.6. The van der Waals surface area contributed by atoms with Crippen LogP contribution in [0.3, 0.4) is 0 Å². The largest absolute Gasteiger partial charge is 0.349 e. The van der Waals surface area contributed by atoms with Gasteiger partial charge in [0, 0.05) is 29.5 Å². The van der Waals surface area contributed by atoms with Crippen LogP contribution in [0.25, 0.3) is 15.9 Å². The lowest BCUT2D eigenvalue weighted by atomic mass is 10.1. The number of rotatable bonds is 6. The summed E-state index contributed by atoms with van der Waals surface area (Å²) in [5, 5.41) is 11.6. The number of nitrogens with one attached hydrogen (secondary N) is 2. The van der Waals surface area contributed by atoms with Gasteiger partial charge in [-0.1, -0.05) is 19.9 Å². The van der Waals surface area contributed by atoms with Crippen molar-refractivity contribution >= 4 is 39.1 Å². The summed E-state index contributed by atoms with van der Waals surface area (Å²) in [7, 11) is 0. The molecule has 2 N–H and O–H groups in total. The lowest BCUT2D eigenvalue weighted by molar-refractivity contribution is 0.0949. The average molecular weight is 446 g/mol. The van der Waals surface area contributed by atoms with Crippen LogP contribution in [-0.2, 0) is 0 Å². The Morgan fingerprint density at radius 1 is 1.12 bits per heavy atom. The van der Waals surface area contributed by atoms with Gasteiger partial charge in [0.15, 0.2) is 0 Å². The molecule has 1 aliphatic carbocycles. The number of nitrogens with zero attached hydrogens (tertiary/aromatic N) is 3. The first-order valence-corrected chi connectivity index (χ1v) is 11.5. The van der Waals surface area contributed by atoms with Crippen molar-refractivity contribution in [3.63, 3.8) is 0 Å². The molecule has 1 saturated carbocycles. The Kier molecular flexibility index (Phi) is 5.22. The molecule has 32 heavy (non-hydrogen) atoms. The van der Waals surface area contributed by atoms with Crippen molar-refractivity contribution in [2.45, 2.75) is 38.6 Å². The van der Waals surface area contributed by atoms with Crippen molar-refractivity contribution in [1.82, 2.24) is 20.1 Å². The lowest BCUT2D eigenvalue weighted by Crippen LogP contribution is -2.26. The number of carbonyl (C=O) groups is 2. The van der Waals surface area contributed by atoms with E-state index in [-0.39, 0.29) is 17.7 Å². The SMILES string of the molecule is CC(C)c1nn(-c2ccc(NC(=O)c3cc4cccnc4s3)cc2)cc1C(=O)NC1CC1. The first-order valence-electron chi connectivity index (χ1n) is 10.6. The van der Waals surface area contributed by atoms with Gasteiger partial charge in [0.2, 0.25) is 0 Å². The van der Waals surface area contributed by atoms with Gasteiger partial charge in [0.1, 0.15) is 4.83 Å². The Labute approximate surface area is 189 Å². The average Bonchev–Trinajstić information content (AvgIpc) is 3.31. The van der Waals surface area contributed by atoms with Crippen LogP contribution in [0.15, 0.2) is 54.9 Å². The maximum Gasteiger partial charge on any atom is 0.265 e. The molecule has 162 valence electrons. The molecule has 1 aromatic carbocycles. The summed E-state index contributed by atoms with van der Waals surface area (Å²) in [6, 6.07) is 13.4. The second kappa shape index (κ2) is 8.20. The van der Waals surface area contributed by atoms with Gasteiger partial charge < -0.3 is 10.6 Å². The van der Waals surface area contributed by atoms with Gasteiger partial charge in [-0.25, -0.2) is 9.67 Å². The summed E-state index contributed by atoms with van der Waals surface area (Å²) < 4.78 is 1.72. The van der Waals surface area contributed by atoms with Crippen LogP contribution in [0.5, 0.6) is 0 Å². The molecule has 1 aliphatic rings. The van der Waals surface area contributed by atoms with Crippen LogP contribution in [0.2, 0.25) is 0 Å². The second-order valence-electron chi connectivity index (χ2n) is 8.28. The third-order valence-corrected chi connectivity index (χ3v) is 6.41. The van der Waals surface area contributed by atoms with E-state index in [1.54, 1.807) is 17.1 Å². The fourth-order valence-electron chi connectivity index (χ4n) is 3.49. The van der Waals surface area contributed by atoms with Gasteiger partial charge in [-0.3, -0.25) is 9.59 Å². The summed E-state index contributed by atoms with van der Waals surface area (Å²) in [4.78, 5) is 31.0. The van der Waals surface area contributed by atoms with E-state index in [0.717, 1.165) is 34.4 Å². The molecular weight excluding hydrogens is 422 g/mol. The van der Waals surface area contributed by atoms with E-state index < -0.39 is 0 Å². The smallest absolute Gasteiger partial charge is 0.265 e. The van der Waals surface area contributed by atoms with Gasteiger partial charge in [0.25, 0.3) is 11.8 Å². The molecule has 0 radical (unpaired) electrons. The van der Waals surface area contributed by atoms with Crippen LogP contribution in [0.1, 0.15) is 58.3 Å². The van der Waals surface area contributed by atoms with Gasteiger partial charge in [-0.05, 0) is 55.2 Å². The Hall–Kier alpha value is -3.52. The molecule has 5 rings (SSSR count). The molecule has 3 heterocycles. The standard InChI is InChI=1S/C24H23N5O2S/c1-14(2)21-19(22(30)26-16-5-6-16)13-29(28-21)18-9-7-17(8-10-18)27-23(31)20-12-15-4-3-11-25-24(15)32-20/h3-4,7-14,16H,5-6H2,1-2H3,(H,26,30)(H,27,31). The molecule has 0 unspecified atom stereocenters. The Morgan fingerprint density at radius 3 is 2.59 bits per heavy atom. The van der Waals surface area contributed by atoms with Crippen LogP contribution in [0.4, 0.5) is 5.69 Å². The quantitative estimate of drug-likeness (QED) is 0.448. The van der Waals surface area contributed by atoms with E-state index in [9.17, 15) is 9.59 Å². The van der Waals surface area contributed by atoms with Crippen molar-refractivity contribution < 1.29 is 9.59 Å². The normalized spacial score (nSPS) is 13.5. The molecular formula is C24H23N5O2S. The number of hydrogen-bond donors (Lipinski definition) is 2. The number of pyridine rings is 1. The van der Waals surface area contributed by atoms with Crippen molar-refractivity contribution in [2.75, 3.05) is 5.32 Å². The molecule has 1 fully saturated rings. The molecule has 4 aromatic rings. The predicted octanol–water partition coefficient (Wildman–Crippen LogP) is 4.75.